The monoisotopic (exact) mass is 293 g/mol. The lowest BCUT2D eigenvalue weighted by atomic mass is 10.0. The molecule has 1 unspecified atom stereocenters. The van der Waals surface area contributed by atoms with Crippen molar-refractivity contribution in [2.45, 2.75) is 33.3 Å². The van der Waals surface area contributed by atoms with Crippen LogP contribution in [0.3, 0.4) is 0 Å². The number of hydrogen-bond donors (Lipinski definition) is 2. The molecule has 0 bridgehead atoms. The fraction of sp³-hybridized carbons (Fsp3) is 0.562. The van der Waals surface area contributed by atoms with Crippen molar-refractivity contribution in [3.05, 3.63) is 24.3 Å². The lowest BCUT2D eigenvalue weighted by Crippen LogP contribution is -2.25. The summed E-state index contributed by atoms with van der Waals surface area (Å²) in [5, 5.41) is 3.06. The normalized spacial score (nSPS) is 13.3. The van der Waals surface area contributed by atoms with E-state index in [0.29, 0.717) is 18.4 Å². The molecule has 0 heterocycles. The number of nitrogens with two attached hydrogens (primary N) is 1. The maximum absolute atomic E-state index is 5.88. The average molecular weight is 293 g/mol. The topological polar surface area (TPSA) is 68.9 Å². The van der Waals surface area contributed by atoms with Crippen molar-refractivity contribution in [1.82, 2.24) is 0 Å². The van der Waals surface area contributed by atoms with E-state index in [4.69, 9.17) is 15.2 Å². The molecule has 1 rings (SSSR count). The molecular formula is C16H27N3O2. The fourth-order valence-electron chi connectivity index (χ4n) is 2.00. The molecule has 5 heteroatoms. The van der Waals surface area contributed by atoms with Crippen molar-refractivity contribution in [3.63, 3.8) is 0 Å². The van der Waals surface area contributed by atoms with E-state index < -0.39 is 0 Å². The van der Waals surface area contributed by atoms with Gasteiger partial charge in [0, 0.05) is 18.8 Å². The molecule has 0 fully saturated rings. The molecule has 0 aliphatic rings. The van der Waals surface area contributed by atoms with E-state index in [0.717, 1.165) is 24.5 Å². The van der Waals surface area contributed by atoms with Gasteiger partial charge in [-0.3, -0.25) is 4.99 Å². The van der Waals surface area contributed by atoms with Crippen molar-refractivity contribution in [3.8, 4) is 5.75 Å². The van der Waals surface area contributed by atoms with Gasteiger partial charge in [0.2, 0.25) is 0 Å². The lowest BCUT2D eigenvalue weighted by molar-refractivity contribution is 0.0266. The van der Waals surface area contributed by atoms with Crippen LogP contribution in [-0.4, -0.2) is 32.3 Å². The van der Waals surface area contributed by atoms with Crippen LogP contribution in [0.1, 0.15) is 27.2 Å². The molecule has 5 nitrogen and oxygen atoms in total. The lowest BCUT2D eigenvalue weighted by Gasteiger charge is -2.19. The minimum atomic E-state index is 0.229. The van der Waals surface area contributed by atoms with Gasteiger partial charge in [-0.2, -0.15) is 0 Å². The van der Waals surface area contributed by atoms with Gasteiger partial charge in [-0.15, -0.1) is 0 Å². The number of rotatable bonds is 8. The first-order chi connectivity index (χ1) is 10.1. The van der Waals surface area contributed by atoms with Crippen molar-refractivity contribution in [1.29, 1.82) is 0 Å². The summed E-state index contributed by atoms with van der Waals surface area (Å²) in [6, 6.07) is 7.55. The molecule has 0 radical (unpaired) electrons. The molecule has 0 spiro atoms. The second kappa shape index (κ2) is 9.23. The van der Waals surface area contributed by atoms with E-state index in [1.54, 1.807) is 7.11 Å². The van der Waals surface area contributed by atoms with Crippen LogP contribution in [0.25, 0.3) is 0 Å². The number of methoxy groups -OCH3 is 1. The van der Waals surface area contributed by atoms with Gasteiger partial charge in [0.25, 0.3) is 0 Å². The van der Waals surface area contributed by atoms with E-state index in [9.17, 15) is 0 Å². The highest BCUT2D eigenvalue weighted by Gasteiger charge is 2.12. The molecule has 0 aliphatic carbocycles. The largest absolute Gasteiger partial charge is 0.497 e. The molecule has 21 heavy (non-hydrogen) atoms. The van der Waals surface area contributed by atoms with Crippen LogP contribution in [0, 0.1) is 5.92 Å². The molecule has 1 aromatic rings. The molecule has 3 N–H and O–H groups in total. The van der Waals surface area contributed by atoms with E-state index in [-0.39, 0.29) is 6.10 Å². The highest BCUT2D eigenvalue weighted by atomic mass is 16.5. The zero-order chi connectivity index (χ0) is 15.7. The molecule has 1 aromatic carbocycles. The standard InChI is InChI=1S/C16H27N3O2/c1-5-21-15(12(2)3)10-11-18-16(17)19-13-6-8-14(20-4)9-7-13/h6-9,12,15H,5,10-11H2,1-4H3,(H3,17,18,19). The highest BCUT2D eigenvalue weighted by Crippen LogP contribution is 2.15. The quantitative estimate of drug-likeness (QED) is 0.571. The van der Waals surface area contributed by atoms with Gasteiger partial charge in [0.05, 0.1) is 13.2 Å². The molecular weight excluding hydrogens is 266 g/mol. The van der Waals surface area contributed by atoms with Gasteiger partial charge in [-0.05, 0) is 43.5 Å². The van der Waals surface area contributed by atoms with E-state index in [1.807, 2.05) is 31.2 Å². The third kappa shape index (κ3) is 6.49. The third-order valence-electron chi connectivity index (χ3n) is 3.18. The summed E-state index contributed by atoms with van der Waals surface area (Å²) >= 11 is 0. The maximum atomic E-state index is 5.88. The third-order valence-corrected chi connectivity index (χ3v) is 3.18. The number of guanidine groups is 1. The summed E-state index contributed by atoms with van der Waals surface area (Å²) in [7, 11) is 1.64. The predicted octanol–water partition coefficient (Wildman–Crippen LogP) is 2.87. The van der Waals surface area contributed by atoms with Crippen LogP contribution in [0.5, 0.6) is 5.75 Å². The van der Waals surface area contributed by atoms with E-state index >= 15 is 0 Å². The van der Waals surface area contributed by atoms with Crippen LogP contribution >= 0.6 is 0 Å². The summed E-state index contributed by atoms with van der Waals surface area (Å²) in [6.07, 6.45) is 1.10. The Morgan fingerprint density at radius 2 is 1.95 bits per heavy atom. The first kappa shape index (κ1) is 17.3. The van der Waals surface area contributed by atoms with Gasteiger partial charge in [-0.1, -0.05) is 13.8 Å². The Balaban J connectivity index is 2.44. The minimum absolute atomic E-state index is 0.229. The van der Waals surface area contributed by atoms with Crippen molar-refractivity contribution >= 4 is 11.6 Å². The van der Waals surface area contributed by atoms with Crippen molar-refractivity contribution < 1.29 is 9.47 Å². The number of benzene rings is 1. The summed E-state index contributed by atoms with van der Waals surface area (Å²) in [5.74, 6) is 1.71. The minimum Gasteiger partial charge on any atom is -0.497 e. The van der Waals surface area contributed by atoms with Crippen LogP contribution in [0.4, 0.5) is 5.69 Å². The van der Waals surface area contributed by atoms with Crippen molar-refractivity contribution in [2.24, 2.45) is 16.6 Å². The highest BCUT2D eigenvalue weighted by molar-refractivity contribution is 5.92. The second-order valence-electron chi connectivity index (χ2n) is 5.15. The second-order valence-corrected chi connectivity index (χ2v) is 5.15. The molecule has 0 saturated carbocycles. The summed E-state index contributed by atoms with van der Waals surface area (Å²) < 4.78 is 10.8. The molecule has 118 valence electrons. The molecule has 0 aliphatic heterocycles. The Labute approximate surface area is 127 Å². The number of aliphatic imine (C=N–C) groups is 1. The van der Waals surface area contributed by atoms with Crippen LogP contribution in [0.2, 0.25) is 0 Å². The Hall–Kier alpha value is -1.75. The zero-order valence-corrected chi connectivity index (χ0v) is 13.4. The number of ether oxygens (including phenoxy) is 2. The maximum Gasteiger partial charge on any atom is 0.193 e. The Kier molecular flexibility index (Phi) is 7.61. The first-order valence-corrected chi connectivity index (χ1v) is 7.39. The Bertz CT molecular complexity index is 430. The summed E-state index contributed by atoms with van der Waals surface area (Å²) in [4.78, 5) is 4.34. The van der Waals surface area contributed by atoms with Gasteiger partial charge < -0.3 is 20.5 Å². The zero-order valence-electron chi connectivity index (χ0n) is 13.4. The van der Waals surface area contributed by atoms with Gasteiger partial charge in [0.1, 0.15) is 5.75 Å². The number of nitrogens with zero attached hydrogens (tertiary/aromatic N) is 1. The fourth-order valence-corrected chi connectivity index (χ4v) is 2.00. The number of anilines is 1. The van der Waals surface area contributed by atoms with Gasteiger partial charge >= 0.3 is 0 Å². The Morgan fingerprint density at radius 3 is 2.48 bits per heavy atom. The molecule has 0 amide bonds. The van der Waals surface area contributed by atoms with Crippen LogP contribution in [0.15, 0.2) is 29.3 Å². The summed E-state index contributed by atoms with van der Waals surface area (Å²) in [5.41, 5.74) is 6.77. The first-order valence-electron chi connectivity index (χ1n) is 7.39. The molecule has 0 aromatic heterocycles. The van der Waals surface area contributed by atoms with Gasteiger partial charge in [0.15, 0.2) is 5.96 Å². The molecule has 1 atom stereocenters. The van der Waals surface area contributed by atoms with Gasteiger partial charge in [-0.25, -0.2) is 0 Å². The SMILES string of the molecule is CCOC(CCN=C(N)Nc1ccc(OC)cc1)C(C)C. The molecule has 0 saturated heterocycles. The smallest absolute Gasteiger partial charge is 0.193 e. The predicted molar refractivity (Wildman–Crippen MR) is 88.0 cm³/mol. The number of nitrogens with one attached hydrogen (secondary N) is 1. The van der Waals surface area contributed by atoms with Crippen LogP contribution < -0.4 is 15.8 Å². The van der Waals surface area contributed by atoms with E-state index in [2.05, 4.69) is 24.2 Å². The van der Waals surface area contributed by atoms with Crippen LogP contribution in [-0.2, 0) is 4.74 Å². The van der Waals surface area contributed by atoms with E-state index in [1.165, 1.54) is 0 Å². The average Bonchev–Trinajstić information content (AvgIpc) is 2.47. The number of hydrogen-bond acceptors (Lipinski definition) is 3. The Morgan fingerprint density at radius 1 is 1.29 bits per heavy atom. The van der Waals surface area contributed by atoms with Crippen molar-refractivity contribution in [2.75, 3.05) is 25.6 Å². The summed E-state index contributed by atoms with van der Waals surface area (Å²) in [6.45, 7) is 7.70.